The van der Waals surface area contributed by atoms with E-state index in [1.165, 1.54) is 6.07 Å². The molecule has 3 rings (SSSR count). The average molecular weight is 258 g/mol. The fourth-order valence-electron chi connectivity index (χ4n) is 3.53. The first-order chi connectivity index (χ1) is 8.98. The number of H-pyrrole nitrogens is 1. The standard InChI is InChI=1S/C15H18N2O2/c1-3-10-9-6-8(2)14(19)15(10,16)11-4-5-13(18)17-12(11)7-9/h3-6,9,14,19H,7,16H2,1-2H3,(H,17,18)/b10-3+/t9-,14-,15+/m0/s1. The first kappa shape index (κ1) is 12.4. The van der Waals surface area contributed by atoms with E-state index in [2.05, 4.69) is 11.1 Å². The molecule has 2 aliphatic rings. The molecule has 0 saturated carbocycles. The molecule has 0 aliphatic heterocycles. The van der Waals surface area contributed by atoms with Gasteiger partial charge in [-0.25, -0.2) is 0 Å². The van der Waals surface area contributed by atoms with Gasteiger partial charge in [-0.3, -0.25) is 4.79 Å². The Balaban J connectivity index is 2.33. The van der Waals surface area contributed by atoms with Crippen LogP contribution in [-0.4, -0.2) is 16.2 Å². The highest BCUT2D eigenvalue weighted by molar-refractivity contribution is 5.51. The van der Waals surface area contributed by atoms with Crippen LogP contribution in [0.3, 0.4) is 0 Å². The van der Waals surface area contributed by atoms with Gasteiger partial charge in [-0.2, -0.15) is 0 Å². The normalized spacial score (nSPS) is 34.9. The van der Waals surface area contributed by atoms with Crippen molar-refractivity contribution in [1.82, 2.24) is 4.98 Å². The molecule has 4 heteroatoms. The van der Waals surface area contributed by atoms with Gasteiger partial charge in [0.05, 0.1) is 5.54 Å². The van der Waals surface area contributed by atoms with Crippen LogP contribution in [0.15, 0.2) is 40.2 Å². The van der Waals surface area contributed by atoms with Crippen LogP contribution in [0.4, 0.5) is 0 Å². The van der Waals surface area contributed by atoms with Gasteiger partial charge in [0.15, 0.2) is 0 Å². The second kappa shape index (κ2) is 3.92. The summed E-state index contributed by atoms with van der Waals surface area (Å²) < 4.78 is 0. The van der Waals surface area contributed by atoms with Crippen LogP contribution in [0.2, 0.25) is 0 Å². The first-order valence-electron chi connectivity index (χ1n) is 6.53. The number of aliphatic hydroxyl groups is 1. The average Bonchev–Trinajstić information content (AvgIpc) is 2.36. The van der Waals surface area contributed by atoms with Gasteiger partial charge in [0, 0.05) is 17.7 Å². The molecule has 19 heavy (non-hydrogen) atoms. The topological polar surface area (TPSA) is 79.1 Å². The van der Waals surface area contributed by atoms with E-state index in [-0.39, 0.29) is 11.5 Å². The molecule has 4 nitrogen and oxygen atoms in total. The lowest BCUT2D eigenvalue weighted by Crippen LogP contribution is -2.56. The molecule has 1 aromatic heterocycles. The summed E-state index contributed by atoms with van der Waals surface area (Å²) in [6.45, 7) is 3.85. The Morgan fingerprint density at radius 2 is 2.26 bits per heavy atom. The van der Waals surface area contributed by atoms with Gasteiger partial charge < -0.3 is 15.8 Å². The molecule has 3 atom stereocenters. The number of rotatable bonds is 0. The summed E-state index contributed by atoms with van der Waals surface area (Å²) >= 11 is 0. The van der Waals surface area contributed by atoms with Crippen LogP contribution in [0.1, 0.15) is 25.1 Å². The molecule has 2 bridgehead atoms. The lowest BCUT2D eigenvalue weighted by Gasteiger charge is -2.48. The largest absolute Gasteiger partial charge is 0.386 e. The van der Waals surface area contributed by atoms with Gasteiger partial charge in [-0.15, -0.1) is 0 Å². The van der Waals surface area contributed by atoms with Crippen LogP contribution in [-0.2, 0) is 12.0 Å². The highest BCUT2D eigenvalue weighted by Crippen LogP contribution is 2.47. The van der Waals surface area contributed by atoms with E-state index in [0.29, 0.717) is 0 Å². The number of hydrogen-bond donors (Lipinski definition) is 3. The van der Waals surface area contributed by atoms with Crippen LogP contribution >= 0.6 is 0 Å². The van der Waals surface area contributed by atoms with E-state index in [0.717, 1.165) is 28.8 Å². The molecule has 0 fully saturated rings. The van der Waals surface area contributed by atoms with Gasteiger partial charge in [0.1, 0.15) is 6.10 Å². The minimum Gasteiger partial charge on any atom is -0.386 e. The molecule has 0 saturated heterocycles. The monoisotopic (exact) mass is 258 g/mol. The van der Waals surface area contributed by atoms with E-state index in [1.807, 2.05) is 19.9 Å². The van der Waals surface area contributed by atoms with E-state index < -0.39 is 11.6 Å². The zero-order valence-electron chi connectivity index (χ0n) is 11.1. The maximum absolute atomic E-state index is 11.5. The molecule has 2 aliphatic carbocycles. The second-order valence-electron chi connectivity index (χ2n) is 5.45. The summed E-state index contributed by atoms with van der Waals surface area (Å²) in [7, 11) is 0. The van der Waals surface area contributed by atoms with Crippen molar-refractivity contribution in [2.75, 3.05) is 0 Å². The summed E-state index contributed by atoms with van der Waals surface area (Å²) in [5.74, 6) is 0.156. The molecule has 100 valence electrons. The van der Waals surface area contributed by atoms with Gasteiger partial charge in [-0.05, 0) is 43.0 Å². The summed E-state index contributed by atoms with van der Waals surface area (Å²) in [5, 5.41) is 10.5. The molecule has 0 radical (unpaired) electrons. The lowest BCUT2D eigenvalue weighted by atomic mass is 9.62. The Labute approximate surface area is 111 Å². The molecular formula is C15H18N2O2. The van der Waals surface area contributed by atoms with E-state index in [9.17, 15) is 9.90 Å². The molecule has 0 amide bonds. The van der Waals surface area contributed by atoms with Gasteiger partial charge in [0.25, 0.3) is 0 Å². The lowest BCUT2D eigenvalue weighted by molar-refractivity contribution is 0.117. The third kappa shape index (κ3) is 1.50. The Bertz CT molecular complexity index is 656. The minimum atomic E-state index is -0.921. The van der Waals surface area contributed by atoms with Gasteiger partial charge in [0.2, 0.25) is 5.56 Å². The first-order valence-corrected chi connectivity index (χ1v) is 6.53. The number of aliphatic hydroxyl groups excluding tert-OH is 1. The number of aromatic amines is 1. The van der Waals surface area contributed by atoms with Crippen molar-refractivity contribution in [2.24, 2.45) is 11.7 Å². The Kier molecular flexibility index (Phi) is 2.56. The fourth-order valence-corrected chi connectivity index (χ4v) is 3.53. The molecule has 0 unspecified atom stereocenters. The van der Waals surface area contributed by atoms with Crippen molar-refractivity contribution >= 4 is 0 Å². The Hall–Kier alpha value is -1.65. The van der Waals surface area contributed by atoms with Crippen LogP contribution in [0.25, 0.3) is 0 Å². The number of pyridine rings is 1. The van der Waals surface area contributed by atoms with E-state index in [1.54, 1.807) is 6.07 Å². The zero-order valence-corrected chi connectivity index (χ0v) is 11.1. The Morgan fingerprint density at radius 3 is 2.95 bits per heavy atom. The summed E-state index contributed by atoms with van der Waals surface area (Å²) in [5.41, 5.74) is 9.12. The van der Waals surface area contributed by atoms with Gasteiger partial charge in [-0.1, -0.05) is 12.2 Å². The van der Waals surface area contributed by atoms with Gasteiger partial charge >= 0.3 is 0 Å². The predicted molar refractivity (Wildman–Crippen MR) is 73.6 cm³/mol. The van der Waals surface area contributed by atoms with Crippen molar-refractivity contribution in [1.29, 1.82) is 0 Å². The van der Waals surface area contributed by atoms with Crippen molar-refractivity contribution in [3.05, 3.63) is 57.0 Å². The summed E-state index contributed by atoms with van der Waals surface area (Å²) in [6, 6.07) is 3.22. The second-order valence-corrected chi connectivity index (χ2v) is 5.45. The molecular weight excluding hydrogens is 240 g/mol. The van der Waals surface area contributed by atoms with Crippen LogP contribution in [0, 0.1) is 5.92 Å². The number of aromatic nitrogens is 1. The smallest absolute Gasteiger partial charge is 0.248 e. The SMILES string of the molecule is C/C=C1\[C@H]2C=C(C)[C@H](O)[C@]1(N)c1ccc(=O)[nH]c1C2. The summed E-state index contributed by atoms with van der Waals surface area (Å²) in [4.78, 5) is 14.3. The van der Waals surface area contributed by atoms with Crippen molar-refractivity contribution < 1.29 is 5.11 Å². The number of nitrogens with two attached hydrogens (primary N) is 1. The third-order valence-corrected chi connectivity index (χ3v) is 4.39. The van der Waals surface area contributed by atoms with E-state index in [4.69, 9.17) is 5.73 Å². The zero-order chi connectivity index (χ0) is 13.8. The molecule has 1 aromatic rings. The number of nitrogens with one attached hydrogen (secondary N) is 1. The van der Waals surface area contributed by atoms with Crippen molar-refractivity contribution in [2.45, 2.75) is 31.9 Å². The minimum absolute atomic E-state index is 0.125. The third-order valence-electron chi connectivity index (χ3n) is 4.39. The van der Waals surface area contributed by atoms with E-state index >= 15 is 0 Å². The van der Waals surface area contributed by atoms with Crippen LogP contribution < -0.4 is 11.3 Å². The highest BCUT2D eigenvalue weighted by atomic mass is 16.3. The predicted octanol–water partition coefficient (Wildman–Crippen LogP) is 0.968. The molecule has 0 aromatic carbocycles. The fraction of sp³-hybridized carbons (Fsp3) is 0.400. The maximum Gasteiger partial charge on any atom is 0.248 e. The summed E-state index contributed by atoms with van der Waals surface area (Å²) in [6.07, 6.45) is 4.03. The number of hydrogen-bond acceptors (Lipinski definition) is 3. The van der Waals surface area contributed by atoms with Crippen LogP contribution in [0.5, 0.6) is 0 Å². The quantitative estimate of drug-likeness (QED) is 0.607. The Morgan fingerprint density at radius 1 is 1.53 bits per heavy atom. The van der Waals surface area contributed by atoms with Crippen molar-refractivity contribution in [3.8, 4) is 0 Å². The molecule has 1 heterocycles. The molecule has 4 N–H and O–H groups in total. The van der Waals surface area contributed by atoms with Crippen molar-refractivity contribution in [3.63, 3.8) is 0 Å². The highest BCUT2D eigenvalue weighted by Gasteiger charge is 2.49. The number of allylic oxidation sites excluding steroid dienone is 2. The molecule has 0 spiro atoms. The number of fused-ring (bicyclic) bond motifs is 4. The maximum atomic E-state index is 11.5.